The lowest BCUT2D eigenvalue weighted by atomic mass is 10.3. The molecule has 0 fully saturated rings. The standard InChI is InChI=1S/C11H25N3/c1-5-11(4)13-10-12-8-9-14(6-2)7-3/h10-11H,5-9H2,1-4H3,(H,12,13). The van der Waals surface area contributed by atoms with Crippen LogP contribution in [0.1, 0.15) is 34.1 Å². The average Bonchev–Trinajstić information content (AvgIpc) is 2.23. The summed E-state index contributed by atoms with van der Waals surface area (Å²) < 4.78 is 0. The van der Waals surface area contributed by atoms with Gasteiger partial charge in [0.25, 0.3) is 0 Å². The van der Waals surface area contributed by atoms with Crippen molar-refractivity contribution in [2.24, 2.45) is 4.99 Å². The second-order valence-corrected chi connectivity index (χ2v) is 3.54. The Bertz CT molecular complexity index is 141. The third-order valence-corrected chi connectivity index (χ3v) is 2.50. The van der Waals surface area contributed by atoms with E-state index in [4.69, 9.17) is 0 Å². The van der Waals surface area contributed by atoms with E-state index in [1.165, 1.54) is 0 Å². The molecule has 1 atom stereocenters. The van der Waals surface area contributed by atoms with Gasteiger partial charge in [-0.15, -0.1) is 0 Å². The van der Waals surface area contributed by atoms with Crippen molar-refractivity contribution >= 4 is 6.34 Å². The summed E-state index contributed by atoms with van der Waals surface area (Å²) in [4.78, 5) is 6.69. The number of aliphatic imine (C=N–C) groups is 1. The molecule has 0 amide bonds. The number of hydrogen-bond donors (Lipinski definition) is 1. The van der Waals surface area contributed by atoms with Gasteiger partial charge in [-0.05, 0) is 26.4 Å². The Morgan fingerprint density at radius 1 is 1.29 bits per heavy atom. The van der Waals surface area contributed by atoms with Gasteiger partial charge in [-0.3, -0.25) is 4.99 Å². The maximum atomic E-state index is 4.32. The molecule has 14 heavy (non-hydrogen) atoms. The van der Waals surface area contributed by atoms with Gasteiger partial charge in [0.05, 0.1) is 12.9 Å². The molecule has 0 bridgehead atoms. The van der Waals surface area contributed by atoms with Crippen molar-refractivity contribution in [3.8, 4) is 0 Å². The highest BCUT2D eigenvalue weighted by atomic mass is 15.1. The minimum Gasteiger partial charge on any atom is -0.374 e. The van der Waals surface area contributed by atoms with Crippen molar-refractivity contribution in [2.45, 2.75) is 40.2 Å². The van der Waals surface area contributed by atoms with Crippen LogP contribution in [0.2, 0.25) is 0 Å². The zero-order valence-electron chi connectivity index (χ0n) is 10.1. The van der Waals surface area contributed by atoms with Crippen LogP contribution in [0.3, 0.4) is 0 Å². The summed E-state index contributed by atoms with van der Waals surface area (Å²) in [6, 6.07) is 0.534. The predicted molar refractivity (Wildman–Crippen MR) is 64.0 cm³/mol. The largest absolute Gasteiger partial charge is 0.374 e. The van der Waals surface area contributed by atoms with Gasteiger partial charge in [0.2, 0.25) is 0 Å². The Morgan fingerprint density at radius 3 is 2.43 bits per heavy atom. The van der Waals surface area contributed by atoms with E-state index in [9.17, 15) is 0 Å². The van der Waals surface area contributed by atoms with Crippen LogP contribution < -0.4 is 5.32 Å². The highest BCUT2D eigenvalue weighted by molar-refractivity contribution is 5.54. The average molecular weight is 199 g/mol. The van der Waals surface area contributed by atoms with Crippen LogP contribution in [0.5, 0.6) is 0 Å². The summed E-state index contributed by atoms with van der Waals surface area (Å²) in [5, 5.41) is 3.23. The first kappa shape index (κ1) is 13.4. The molecule has 0 radical (unpaired) electrons. The number of hydrogen-bond acceptors (Lipinski definition) is 2. The fourth-order valence-corrected chi connectivity index (χ4v) is 1.10. The summed E-state index contributed by atoms with van der Waals surface area (Å²) in [5.41, 5.74) is 0. The quantitative estimate of drug-likeness (QED) is 0.476. The summed E-state index contributed by atoms with van der Waals surface area (Å²) in [7, 11) is 0. The minimum absolute atomic E-state index is 0.534. The molecule has 3 nitrogen and oxygen atoms in total. The van der Waals surface area contributed by atoms with Gasteiger partial charge in [-0.2, -0.15) is 0 Å². The second-order valence-electron chi connectivity index (χ2n) is 3.54. The van der Waals surface area contributed by atoms with Gasteiger partial charge in [-0.1, -0.05) is 20.8 Å². The fraction of sp³-hybridized carbons (Fsp3) is 0.909. The van der Waals surface area contributed by atoms with E-state index in [-0.39, 0.29) is 0 Å². The molecule has 1 N–H and O–H groups in total. The van der Waals surface area contributed by atoms with E-state index in [1.54, 1.807) is 0 Å². The van der Waals surface area contributed by atoms with Crippen LogP contribution in [-0.4, -0.2) is 43.5 Å². The molecule has 84 valence electrons. The van der Waals surface area contributed by atoms with Gasteiger partial charge < -0.3 is 10.2 Å². The molecule has 0 aromatic heterocycles. The van der Waals surface area contributed by atoms with Gasteiger partial charge >= 0.3 is 0 Å². The van der Waals surface area contributed by atoms with Crippen molar-refractivity contribution in [3.05, 3.63) is 0 Å². The van der Waals surface area contributed by atoms with Crippen molar-refractivity contribution in [2.75, 3.05) is 26.2 Å². The SMILES string of the molecule is CCC(C)NC=NCCN(CC)CC. The summed E-state index contributed by atoms with van der Waals surface area (Å²) in [6.07, 6.45) is 2.99. The van der Waals surface area contributed by atoms with E-state index in [1.807, 2.05) is 6.34 Å². The lowest BCUT2D eigenvalue weighted by Crippen LogP contribution is -2.27. The molecule has 1 unspecified atom stereocenters. The van der Waals surface area contributed by atoms with Gasteiger partial charge in [0.1, 0.15) is 0 Å². The molecule has 0 aliphatic carbocycles. The zero-order valence-corrected chi connectivity index (χ0v) is 10.1. The summed E-state index contributed by atoms with van der Waals surface area (Å²) >= 11 is 0. The molecule has 3 heteroatoms. The molecular formula is C11H25N3. The monoisotopic (exact) mass is 199 g/mol. The second kappa shape index (κ2) is 9.00. The van der Waals surface area contributed by atoms with E-state index >= 15 is 0 Å². The molecule has 0 aliphatic heterocycles. The Labute approximate surface area is 88.6 Å². The molecule has 0 saturated carbocycles. The van der Waals surface area contributed by atoms with Crippen molar-refractivity contribution in [1.82, 2.24) is 10.2 Å². The maximum absolute atomic E-state index is 4.32. The smallest absolute Gasteiger partial charge is 0.0826 e. The van der Waals surface area contributed by atoms with Crippen molar-refractivity contribution in [1.29, 1.82) is 0 Å². The number of nitrogens with zero attached hydrogens (tertiary/aromatic N) is 2. The van der Waals surface area contributed by atoms with Crippen molar-refractivity contribution in [3.63, 3.8) is 0 Å². The third-order valence-electron chi connectivity index (χ3n) is 2.50. The topological polar surface area (TPSA) is 27.6 Å². The van der Waals surface area contributed by atoms with Crippen LogP contribution in [0.4, 0.5) is 0 Å². The Kier molecular flexibility index (Phi) is 8.64. The van der Waals surface area contributed by atoms with Crippen LogP contribution in [0.25, 0.3) is 0 Å². The predicted octanol–water partition coefficient (Wildman–Crippen LogP) is 1.74. The first-order valence-electron chi connectivity index (χ1n) is 5.71. The normalized spacial score (nSPS) is 13.8. The highest BCUT2D eigenvalue weighted by Crippen LogP contribution is 1.87. The Hall–Kier alpha value is -0.570. The van der Waals surface area contributed by atoms with E-state index in [2.05, 4.69) is 42.9 Å². The lowest BCUT2D eigenvalue weighted by molar-refractivity contribution is 0.313. The van der Waals surface area contributed by atoms with Gasteiger partial charge in [0.15, 0.2) is 0 Å². The minimum atomic E-state index is 0.534. The number of likely N-dealkylation sites (N-methyl/N-ethyl adjacent to an activating group) is 1. The molecule has 0 rings (SSSR count). The first-order valence-corrected chi connectivity index (χ1v) is 5.71. The first-order chi connectivity index (χ1) is 6.74. The van der Waals surface area contributed by atoms with Gasteiger partial charge in [0, 0.05) is 12.6 Å². The maximum Gasteiger partial charge on any atom is 0.0826 e. The molecule has 0 aromatic rings. The fourth-order valence-electron chi connectivity index (χ4n) is 1.10. The molecular weight excluding hydrogens is 174 g/mol. The molecule has 0 spiro atoms. The molecule has 0 aliphatic rings. The zero-order chi connectivity index (χ0) is 10.8. The Morgan fingerprint density at radius 2 is 1.93 bits per heavy atom. The van der Waals surface area contributed by atoms with Crippen LogP contribution in [0.15, 0.2) is 4.99 Å². The van der Waals surface area contributed by atoms with E-state index in [0.29, 0.717) is 6.04 Å². The van der Waals surface area contributed by atoms with Gasteiger partial charge in [-0.25, -0.2) is 0 Å². The summed E-state index contributed by atoms with van der Waals surface area (Å²) in [6.45, 7) is 12.9. The van der Waals surface area contributed by atoms with E-state index < -0.39 is 0 Å². The highest BCUT2D eigenvalue weighted by Gasteiger charge is 1.96. The lowest BCUT2D eigenvalue weighted by Gasteiger charge is -2.16. The molecule has 0 saturated heterocycles. The van der Waals surface area contributed by atoms with Crippen LogP contribution >= 0.6 is 0 Å². The number of rotatable bonds is 8. The third kappa shape index (κ3) is 6.89. The molecule has 0 aromatic carbocycles. The van der Waals surface area contributed by atoms with E-state index in [0.717, 1.165) is 32.6 Å². The van der Waals surface area contributed by atoms with Crippen molar-refractivity contribution < 1.29 is 0 Å². The van der Waals surface area contributed by atoms with Crippen LogP contribution in [0, 0.1) is 0 Å². The Balaban J connectivity index is 3.42. The number of nitrogens with one attached hydrogen (secondary N) is 1. The van der Waals surface area contributed by atoms with Crippen LogP contribution in [-0.2, 0) is 0 Å². The molecule has 0 heterocycles. The summed E-state index contributed by atoms with van der Waals surface area (Å²) in [5.74, 6) is 0.